The molecule has 0 radical (unpaired) electrons. The van der Waals surface area contributed by atoms with Crippen LogP contribution in [-0.2, 0) is 4.79 Å². The molecule has 1 amide bonds. The predicted octanol–water partition coefficient (Wildman–Crippen LogP) is 0.00780. The maximum atomic E-state index is 11.2. The second kappa shape index (κ2) is 4.11. The Morgan fingerprint density at radius 2 is 2.50 bits per heavy atom. The van der Waals surface area contributed by atoms with E-state index in [-0.39, 0.29) is 18.5 Å². The van der Waals surface area contributed by atoms with Crippen molar-refractivity contribution >= 4 is 5.91 Å². The summed E-state index contributed by atoms with van der Waals surface area (Å²) in [6.07, 6.45) is 4.52. The fourth-order valence-corrected chi connectivity index (χ4v) is 1.52. The van der Waals surface area contributed by atoms with Gasteiger partial charge in [0.05, 0.1) is 18.8 Å². The van der Waals surface area contributed by atoms with Crippen LogP contribution >= 0.6 is 0 Å². The summed E-state index contributed by atoms with van der Waals surface area (Å²) in [5, 5.41) is 8.55. The lowest BCUT2D eigenvalue weighted by atomic mass is 10.2. The number of nitrogens with zero attached hydrogens (tertiary/aromatic N) is 1. The highest BCUT2D eigenvalue weighted by Gasteiger charge is 2.25. The van der Waals surface area contributed by atoms with E-state index in [1.165, 1.54) is 0 Å². The van der Waals surface area contributed by atoms with Gasteiger partial charge in [0.2, 0.25) is 5.91 Å². The Balaban J connectivity index is 2.57. The molecule has 0 saturated carbocycles. The van der Waals surface area contributed by atoms with Crippen molar-refractivity contribution in [2.45, 2.75) is 18.9 Å². The molecular formula is C8H14N2O2. The van der Waals surface area contributed by atoms with Crippen molar-refractivity contribution in [2.75, 3.05) is 13.1 Å². The van der Waals surface area contributed by atoms with Crippen LogP contribution in [0.3, 0.4) is 0 Å². The number of aliphatic hydroxyl groups excluding tert-OH is 1. The van der Waals surface area contributed by atoms with Gasteiger partial charge in [0, 0.05) is 6.54 Å². The van der Waals surface area contributed by atoms with Crippen molar-refractivity contribution in [1.82, 2.24) is 4.90 Å². The van der Waals surface area contributed by atoms with Gasteiger partial charge in [-0.15, -0.1) is 0 Å². The second-order valence-electron chi connectivity index (χ2n) is 2.84. The van der Waals surface area contributed by atoms with Gasteiger partial charge in [0.15, 0.2) is 0 Å². The van der Waals surface area contributed by atoms with Crippen LogP contribution in [0.2, 0.25) is 0 Å². The number of carbonyl (C=O) groups excluding carboxylic acids is 1. The molecule has 0 bridgehead atoms. The molecule has 0 aromatic carbocycles. The Morgan fingerprint density at radius 1 is 1.75 bits per heavy atom. The molecule has 4 nitrogen and oxygen atoms in total. The minimum Gasteiger partial charge on any atom is -0.516 e. The Morgan fingerprint density at radius 3 is 3.08 bits per heavy atom. The molecule has 1 heterocycles. The largest absolute Gasteiger partial charge is 0.516 e. The molecule has 1 saturated heterocycles. The third kappa shape index (κ3) is 1.76. The van der Waals surface area contributed by atoms with Crippen LogP contribution in [0, 0.1) is 0 Å². The number of hydrogen-bond donors (Lipinski definition) is 2. The van der Waals surface area contributed by atoms with Crippen molar-refractivity contribution in [3.63, 3.8) is 0 Å². The SMILES string of the molecule is NCC(=O)N1CCC[C@H]1/C=C/O. The molecule has 1 fully saturated rings. The van der Waals surface area contributed by atoms with E-state index in [0.29, 0.717) is 0 Å². The molecule has 4 heteroatoms. The minimum absolute atomic E-state index is 0.0457. The van der Waals surface area contributed by atoms with Gasteiger partial charge in [-0.25, -0.2) is 0 Å². The van der Waals surface area contributed by atoms with Crippen LogP contribution in [0.4, 0.5) is 0 Å². The van der Waals surface area contributed by atoms with Gasteiger partial charge >= 0.3 is 0 Å². The molecule has 0 spiro atoms. The summed E-state index contributed by atoms with van der Waals surface area (Å²) in [4.78, 5) is 12.9. The first kappa shape index (κ1) is 9.06. The van der Waals surface area contributed by atoms with Gasteiger partial charge in [0.25, 0.3) is 0 Å². The highest BCUT2D eigenvalue weighted by atomic mass is 16.2. The normalized spacial score (nSPS) is 23.8. The molecule has 0 unspecified atom stereocenters. The summed E-state index contributed by atoms with van der Waals surface area (Å²) in [6.45, 7) is 0.806. The summed E-state index contributed by atoms with van der Waals surface area (Å²) in [6, 6.07) is 0.0473. The molecule has 68 valence electrons. The third-order valence-corrected chi connectivity index (χ3v) is 2.10. The molecule has 1 aliphatic heterocycles. The summed E-state index contributed by atoms with van der Waals surface area (Å²) < 4.78 is 0. The molecule has 0 aromatic rings. The first-order valence-electron chi connectivity index (χ1n) is 4.10. The van der Waals surface area contributed by atoms with Gasteiger partial charge in [-0.2, -0.15) is 0 Å². The zero-order valence-electron chi connectivity index (χ0n) is 6.94. The van der Waals surface area contributed by atoms with Gasteiger partial charge in [-0.05, 0) is 18.9 Å². The number of aliphatic hydroxyl groups is 1. The first-order chi connectivity index (χ1) is 5.79. The number of likely N-dealkylation sites (tertiary alicyclic amines) is 1. The molecule has 0 aliphatic carbocycles. The summed E-state index contributed by atoms with van der Waals surface area (Å²) in [5.41, 5.74) is 5.23. The summed E-state index contributed by atoms with van der Waals surface area (Å²) in [7, 11) is 0. The molecule has 12 heavy (non-hydrogen) atoms. The van der Waals surface area contributed by atoms with E-state index in [1.807, 2.05) is 0 Å². The van der Waals surface area contributed by atoms with Gasteiger partial charge in [-0.3, -0.25) is 4.79 Å². The van der Waals surface area contributed by atoms with Crippen molar-refractivity contribution in [1.29, 1.82) is 0 Å². The highest BCUT2D eigenvalue weighted by molar-refractivity contribution is 5.78. The quantitative estimate of drug-likeness (QED) is 0.573. The lowest BCUT2D eigenvalue weighted by Crippen LogP contribution is -2.38. The van der Waals surface area contributed by atoms with Crippen LogP contribution in [0.25, 0.3) is 0 Å². The van der Waals surface area contributed by atoms with E-state index in [9.17, 15) is 4.79 Å². The maximum absolute atomic E-state index is 11.2. The molecule has 3 N–H and O–H groups in total. The van der Waals surface area contributed by atoms with Crippen molar-refractivity contribution in [3.8, 4) is 0 Å². The molecule has 0 aromatic heterocycles. The van der Waals surface area contributed by atoms with E-state index in [4.69, 9.17) is 10.8 Å². The standard InChI is InChI=1S/C8H14N2O2/c9-6-8(12)10-4-1-2-7(10)3-5-11/h3,5,7,11H,1-2,4,6,9H2/b5-3+/t7-/m0/s1. The zero-order chi connectivity index (χ0) is 8.97. The Kier molecular flexibility index (Phi) is 3.10. The highest BCUT2D eigenvalue weighted by Crippen LogP contribution is 2.17. The molecule has 1 rings (SSSR count). The lowest BCUT2D eigenvalue weighted by molar-refractivity contribution is -0.129. The van der Waals surface area contributed by atoms with Crippen LogP contribution < -0.4 is 5.73 Å². The van der Waals surface area contributed by atoms with Gasteiger partial charge in [-0.1, -0.05) is 0 Å². The van der Waals surface area contributed by atoms with Crippen LogP contribution in [-0.4, -0.2) is 35.0 Å². The summed E-state index contributed by atoms with van der Waals surface area (Å²) in [5.74, 6) is -0.0457. The number of amides is 1. The average Bonchev–Trinajstić information content (AvgIpc) is 2.52. The zero-order valence-corrected chi connectivity index (χ0v) is 6.94. The van der Waals surface area contributed by atoms with Crippen LogP contribution in [0.1, 0.15) is 12.8 Å². The smallest absolute Gasteiger partial charge is 0.236 e. The Hall–Kier alpha value is -1.03. The second-order valence-corrected chi connectivity index (χ2v) is 2.84. The van der Waals surface area contributed by atoms with E-state index in [2.05, 4.69) is 0 Å². The van der Waals surface area contributed by atoms with Crippen LogP contribution in [0.5, 0.6) is 0 Å². The topological polar surface area (TPSA) is 66.6 Å². The lowest BCUT2D eigenvalue weighted by Gasteiger charge is -2.20. The van der Waals surface area contributed by atoms with Crippen LogP contribution in [0.15, 0.2) is 12.3 Å². The minimum atomic E-state index is -0.0457. The van der Waals surface area contributed by atoms with E-state index >= 15 is 0 Å². The number of nitrogens with two attached hydrogens (primary N) is 1. The van der Waals surface area contributed by atoms with E-state index in [1.54, 1.807) is 11.0 Å². The molecular weight excluding hydrogens is 156 g/mol. The number of hydrogen-bond acceptors (Lipinski definition) is 3. The van der Waals surface area contributed by atoms with Crippen molar-refractivity contribution in [2.24, 2.45) is 5.73 Å². The van der Waals surface area contributed by atoms with Gasteiger partial charge in [0.1, 0.15) is 0 Å². The van der Waals surface area contributed by atoms with Crippen molar-refractivity contribution < 1.29 is 9.90 Å². The molecule has 1 aliphatic rings. The fraction of sp³-hybridized carbons (Fsp3) is 0.625. The van der Waals surface area contributed by atoms with Crippen molar-refractivity contribution in [3.05, 3.63) is 12.3 Å². The predicted molar refractivity (Wildman–Crippen MR) is 45.6 cm³/mol. The molecule has 1 atom stereocenters. The third-order valence-electron chi connectivity index (χ3n) is 2.10. The van der Waals surface area contributed by atoms with E-state index < -0.39 is 0 Å². The van der Waals surface area contributed by atoms with E-state index in [0.717, 1.165) is 25.6 Å². The Bertz CT molecular complexity index is 191. The maximum Gasteiger partial charge on any atom is 0.236 e. The number of carbonyl (C=O) groups is 1. The summed E-state index contributed by atoms with van der Waals surface area (Å²) >= 11 is 0. The monoisotopic (exact) mass is 170 g/mol. The number of rotatable bonds is 2. The van der Waals surface area contributed by atoms with Gasteiger partial charge < -0.3 is 15.7 Å². The fourth-order valence-electron chi connectivity index (χ4n) is 1.52. The first-order valence-corrected chi connectivity index (χ1v) is 4.10. The Labute approximate surface area is 71.7 Å². The average molecular weight is 170 g/mol.